The maximum Gasteiger partial charge on any atom is 0.373 e. The largest absolute Gasteiger partial charge is 0.772 e. The van der Waals surface area contributed by atoms with Gasteiger partial charge in [0.1, 0.15) is 0 Å². The molecule has 0 fully saturated rings. The van der Waals surface area contributed by atoms with Crippen LogP contribution in [0.3, 0.4) is 0 Å². The molecule has 9 heavy (non-hydrogen) atoms. The minimum absolute atomic E-state index is 0.949. The Balaban J connectivity index is 3.79. The van der Waals surface area contributed by atoms with Crippen molar-refractivity contribution < 1.29 is 23.5 Å². The van der Waals surface area contributed by atoms with Crippen molar-refractivity contribution in [3.05, 3.63) is 0 Å². The Labute approximate surface area is 53.0 Å². The highest BCUT2D eigenvalue weighted by Gasteiger charge is 2.09. The van der Waals surface area contributed by atoms with Crippen molar-refractivity contribution in [1.29, 1.82) is 0 Å². The van der Waals surface area contributed by atoms with Crippen LogP contribution < -0.4 is 0 Å². The van der Waals surface area contributed by atoms with Gasteiger partial charge in [0.25, 0.3) is 5.78 Å². The van der Waals surface area contributed by atoms with Gasteiger partial charge in [0.2, 0.25) is 0 Å². The van der Waals surface area contributed by atoms with Crippen LogP contribution in [0.1, 0.15) is 0 Å². The maximum atomic E-state index is 9.96. The van der Waals surface area contributed by atoms with E-state index >= 15 is 0 Å². The summed E-state index contributed by atoms with van der Waals surface area (Å²) in [6, 6.07) is 0. The topological polar surface area (TPSA) is 94.5 Å². The van der Waals surface area contributed by atoms with Crippen molar-refractivity contribution in [1.82, 2.24) is 0 Å². The van der Waals surface area contributed by atoms with Gasteiger partial charge in [-0.2, -0.15) is 0 Å². The lowest BCUT2D eigenvalue weighted by Gasteiger charge is -1.98. The summed E-state index contributed by atoms with van der Waals surface area (Å²) in [7, 11) is 0. The van der Waals surface area contributed by atoms with E-state index in [1.54, 1.807) is 0 Å². The number of hydrogen-bond donors (Lipinski definition) is 1. The smallest absolute Gasteiger partial charge is 0.373 e. The molecule has 1 N–H and O–H groups in total. The van der Waals surface area contributed by atoms with Gasteiger partial charge >= 0.3 is 5.97 Å². The number of carboxylic acid groups (broad SMARTS) is 1. The van der Waals surface area contributed by atoms with Crippen LogP contribution in [0.15, 0.2) is 0 Å². The van der Waals surface area contributed by atoms with Crippen molar-refractivity contribution in [3.63, 3.8) is 0 Å². The first-order valence-electron chi connectivity index (χ1n) is 1.86. The lowest BCUT2D eigenvalue weighted by atomic mass is 10.5. The summed E-state index contributed by atoms with van der Waals surface area (Å²) in [5, 5.41) is 7.81. The molecule has 0 spiro atoms. The molecule has 6 heteroatoms. The Hall–Kier alpha value is -0.750. The summed E-state index contributed by atoms with van der Waals surface area (Å²) in [4.78, 5) is 19.6. The number of carbonyl (C=O) groups excluding carboxylic acids is 1. The highest BCUT2D eigenvalue weighted by Crippen LogP contribution is 1.76. The third-order valence-corrected chi connectivity index (χ3v) is 0.985. The molecule has 0 aliphatic carbocycles. The van der Waals surface area contributed by atoms with E-state index in [0.29, 0.717) is 0 Å². The molecule has 0 saturated carbocycles. The molecule has 0 bridgehead atoms. The van der Waals surface area contributed by atoms with Gasteiger partial charge in [-0.15, -0.1) is 0 Å². The second kappa shape index (κ2) is 3.31. The first kappa shape index (κ1) is 8.25. The van der Waals surface area contributed by atoms with Crippen LogP contribution >= 0.6 is 0 Å². The molecule has 1 unspecified atom stereocenters. The van der Waals surface area contributed by atoms with E-state index in [1.807, 2.05) is 0 Å². The Morgan fingerprint density at radius 1 is 1.56 bits per heavy atom. The van der Waals surface area contributed by atoms with E-state index in [1.165, 1.54) is 0 Å². The van der Waals surface area contributed by atoms with E-state index in [-0.39, 0.29) is 0 Å². The molecule has 0 aromatic rings. The fraction of sp³-hybridized carbons (Fsp3) is 0.333. The summed E-state index contributed by atoms with van der Waals surface area (Å²) in [5.41, 5.74) is 0. The van der Waals surface area contributed by atoms with Crippen molar-refractivity contribution in [2.75, 3.05) is 5.75 Å². The van der Waals surface area contributed by atoms with Crippen LogP contribution in [-0.4, -0.2) is 31.4 Å². The summed E-state index contributed by atoms with van der Waals surface area (Å²) in [6.07, 6.45) is 0. The van der Waals surface area contributed by atoms with Crippen LogP contribution in [0.4, 0.5) is 0 Å². The van der Waals surface area contributed by atoms with Gasteiger partial charge in [-0.25, -0.2) is 4.79 Å². The first-order chi connectivity index (χ1) is 4.04. The second-order valence-corrected chi connectivity index (χ2v) is 2.07. The van der Waals surface area contributed by atoms with Crippen molar-refractivity contribution in [3.8, 4) is 0 Å². The average molecular weight is 151 g/mol. The molecular weight excluding hydrogens is 148 g/mol. The van der Waals surface area contributed by atoms with Gasteiger partial charge in [-0.05, 0) is 11.1 Å². The van der Waals surface area contributed by atoms with E-state index < -0.39 is 28.6 Å². The molecule has 0 aliphatic rings. The van der Waals surface area contributed by atoms with E-state index in [9.17, 15) is 18.4 Å². The zero-order valence-electron chi connectivity index (χ0n) is 4.20. The summed E-state index contributed by atoms with van der Waals surface area (Å²) < 4.78 is 19.3. The van der Waals surface area contributed by atoms with Crippen LogP contribution in [0, 0.1) is 0 Å². The van der Waals surface area contributed by atoms with Crippen LogP contribution in [0.25, 0.3) is 0 Å². The van der Waals surface area contributed by atoms with Crippen molar-refractivity contribution in [2.24, 2.45) is 0 Å². The molecule has 0 aromatic carbocycles. The molecule has 52 valence electrons. The Morgan fingerprint density at radius 3 is 2.11 bits per heavy atom. The van der Waals surface area contributed by atoms with Gasteiger partial charge in [0.15, 0.2) is 0 Å². The summed E-state index contributed by atoms with van der Waals surface area (Å²) in [5.74, 6) is -3.99. The minimum Gasteiger partial charge on any atom is -0.772 e. The SMILES string of the molecule is O=C(O)C(=O)CS(=O)[O-]. The Morgan fingerprint density at radius 2 is 2.00 bits per heavy atom. The molecule has 0 radical (unpaired) electrons. The van der Waals surface area contributed by atoms with E-state index in [0.717, 1.165) is 0 Å². The molecule has 0 saturated heterocycles. The standard InChI is InChI=1S/C3H4O5S/c4-2(3(5)6)1-9(7)8/h1H2,(H,5,6)(H,7,8)/p-1. The zero-order valence-corrected chi connectivity index (χ0v) is 5.01. The molecule has 0 heterocycles. The van der Waals surface area contributed by atoms with E-state index in [2.05, 4.69) is 0 Å². The number of aliphatic carboxylic acids is 1. The quantitative estimate of drug-likeness (QED) is 0.392. The fourth-order valence-electron chi connectivity index (χ4n) is 0.169. The third kappa shape index (κ3) is 3.80. The molecule has 0 aromatic heterocycles. The number of carbonyl (C=O) groups is 2. The van der Waals surface area contributed by atoms with Gasteiger partial charge in [-0.3, -0.25) is 9.00 Å². The number of Topliss-reactive ketones (excluding diaryl/α,β-unsaturated/α-hetero) is 1. The van der Waals surface area contributed by atoms with E-state index in [4.69, 9.17) is 5.11 Å². The third-order valence-electron chi connectivity index (χ3n) is 0.487. The summed E-state index contributed by atoms with van der Waals surface area (Å²) >= 11 is -2.60. The zero-order chi connectivity index (χ0) is 7.44. The van der Waals surface area contributed by atoms with Crippen LogP contribution in [0.2, 0.25) is 0 Å². The monoisotopic (exact) mass is 151 g/mol. The number of ketones is 1. The van der Waals surface area contributed by atoms with Gasteiger partial charge in [-0.1, -0.05) is 0 Å². The first-order valence-corrected chi connectivity index (χ1v) is 3.10. The Bertz CT molecular complexity index is 162. The van der Waals surface area contributed by atoms with Crippen molar-refractivity contribution >= 4 is 22.8 Å². The molecule has 0 amide bonds. The molecule has 0 rings (SSSR count). The van der Waals surface area contributed by atoms with Crippen molar-refractivity contribution in [2.45, 2.75) is 0 Å². The predicted octanol–water partition coefficient (Wildman–Crippen LogP) is -1.48. The fourth-order valence-corrected chi connectivity index (χ4v) is 0.506. The number of rotatable bonds is 3. The average Bonchev–Trinajstić information content (AvgIpc) is 1.63. The second-order valence-electron chi connectivity index (χ2n) is 1.18. The van der Waals surface area contributed by atoms with Crippen LogP contribution in [-0.2, 0) is 20.7 Å². The lowest BCUT2D eigenvalue weighted by molar-refractivity contribution is -0.147. The summed E-state index contributed by atoms with van der Waals surface area (Å²) in [6.45, 7) is 0. The molecule has 0 aliphatic heterocycles. The highest BCUT2D eigenvalue weighted by atomic mass is 32.2. The minimum atomic E-state index is -2.60. The maximum absolute atomic E-state index is 9.96. The van der Waals surface area contributed by atoms with Crippen LogP contribution in [0.5, 0.6) is 0 Å². The van der Waals surface area contributed by atoms with Gasteiger partial charge in [0.05, 0.1) is 5.75 Å². The molecular formula is C3H3O5S-. The van der Waals surface area contributed by atoms with Gasteiger partial charge in [0, 0.05) is 0 Å². The Kier molecular flexibility index (Phi) is 3.03. The molecule has 5 nitrogen and oxygen atoms in total. The number of carboxylic acids is 1. The normalized spacial score (nSPS) is 12.6. The lowest BCUT2D eigenvalue weighted by Crippen LogP contribution is -2.19. The molecule has 1 atom stereocenters. The number of hydrogen-bond acceptors (Lipinski definition) is 4. The van der Waals surface area contributed by atoms with Gasteiger partial charge < -0.3 is 9.66 Å². The predicted molar refractivity (Wildman–Crippen MR) is 26.4 cm³/mol. The highest BCUT2D eigenvalue weighted by molar-refractivity contribution is 7.80.